The number of nitrogens with zero attached hydrogens (tertiary/aromatic N) is 1. The molecular weight excluding hydrogens is 200 g/mol. The lowest BCUT2D eigenvalue weighted by molar-refractivity contribution is -0.142. The number of morpholine rings is 1. The predicted molar refractivity (Wildman–Crippen MR) is 58.0 cm³/mol. The fraction of sp³-hybridized carbons (Fsp3) is 0.778. The molecule has 0 saturated carbocycles. The number of hydrogen-bond acceptors (Lipinski definition) is 3. The highest BCUT2D eigenvalue weighted by atomic mass is 32.1. The normalized spacial score (nSPS) is 17.1. The molecule has 0 unspecified atom stereocenters. The van der Waals surface area contributed by atoms with Gasteiger partial charge in [-0.3, -0.25) is 4.79 Å². The highest BCUT2D eigenvalue weighted by Crippen LogP contribution is 2.03. The van der Waals surface area contributed by atoms with E-state index in [9.17, 15) is 4.79 Å². The lowest BCUT2D eigenvalue weighted by Crippen LogP contribution is -2.42. The molecule has 1 aliphatic heterocycles. The summed E-state index contributed by atoms with van der Waals surface area (Å²) >= 11 is 4.77. The van der Waals surface area contributed by atoms with Crippen molar-refractivity contribution in [2.24, 2.45) is 5.73 Å². The second-order valence-electron chi connectivity index (χ2n) is 3.36. The molecule has 5 heteroatoms. The van der Waals surface area contributed by atoms with Gasteiger partial charge in [0.15, 0.2) is 0 Å². The Morgan fingerprint density at radius 3 is 3.00 bits per heavy atom. The van der Waals surface area contributed by atoms with Gasteiger partial charge in [0, 0.05) is 13.1 Å². The molecule has 2 N–H and O–H groups in total. The topological polar surface area (TPSA) is 55.6 Å². The quantitative estimate of drug-likeness (QED) is 0.530. The number of nitrogens with two attached hydrogens (primary N) is 1. The van der Waals surface area contributed by atoms with Gasteiger partial charge < -0.3 is 15.4 Å². The van der Waals surface area contributed by atoms with Gasteiger partial charge in [-0.05, 0) is 19.3 Å². The highest BCUT2D eigenvalue weighted by molar-refractivity contribution is 7.80. The maximum absolute atomic E-state index is 11.3. The number of ether oxygens (including phenoxy) is 1. The Bertz CT molecular complexity index is 221. The van der Waals surface area contributed by atoms with Crippen molar-refractivity contribution in [3.8, 4) is 0 Å². The number of carbonyl (C=O) groups excluding carboxylic acids is 1. The second kappa shape index (κ2) is 5.93. The van der Waals surface area contributed by atoms with Gasteiger partial charge in [0.05, 0.1) is 11.6 Å². The first-order chi connectivity index (χ1) is 6.70. The van der Waals surface area contributed by atoms with Crippen LogP contribution in [0.5, 0.6) is 0 Å². The maximum atomic E-state index is 11.3. The molecule has 0 aliphatic carbocycles. The lowest BCUT2D eigenvalue weighted by Gasteiger charge is -2.26. The van der Waals surface area contributed by atoms with Crippen LogP contribution in [0.25, 0.3) is 0 Å². The van der Waals surface area contributed by atoms with Crippen molar-refractivity contribution in [3.63, 3.8) is 0 Å². The van der Waals surface area contributed by atoms with Crippen LogP contribution in [0.15, 0.2) is 0 Å². The summed E-state index contributed by atoms with van der Waals surface area (Å²) in [4.78, 5) is 13.7. The summed E-state index contributed by atoms with van der Waals surface area (Å²) in [5, 5.41) is 0. The number of rotatable bonds is 5. The SMILES string of the molecule is NC(=S)CCCCN1CCOCC1=O. The van der Waals surface area contributed by atoms with E-state index in [0.29, 0.717) is 18.1 Å². The molecule has 0 radical (unpaired) electrons. The third-order valence-corrected chi connectivity index (χ3v) is 2.39. The van der Waals surface area contributed by atoms with Crippen LogP contribution in [0.4, 0.5) is 0 Å². The van der Waals surface area contributed by atoms with Crippen LogP contribution in [0, 0.1) is 0 Å². The Balaban J connectivity index is 2.10. The molecule has 0 bridgehead atoms. The van der Waals surface area contributed by atoms with Crippen molar-refractivity contribution in [2.75, 3.05) is 26.3 Å². The summed E-state index contributed by atoms with van der Waals surface area (Å²) in [6, 6.07) is 0. The zero-order valence-electron chi connectivity index (χ0n) is 8.20. The van der Waals surface area contributed by atoms with Crippen LogP contribution in [0.3, 0.4) is 0 Å². The number of unbranched alkanes of at least 4 members (excludes halogenated alkanes) is 1. The molecule has 4 nitrogen and oxygen atoms in total. The summed E-state index contributed by atoms with van der Waals surface area (Å²) < 4.78 is 5.02. The van der Waals surface area contributed by atoms with E-state index in [1.807, 2.05) is 4.90 Å². The fourth-order valence-electron chi connectivity index (χ4n) is 1.39. The molecule has 14 heavy (non-hydrogen) atoms. The van der Waals surface area contributed by atoms with Gasteiger partial charge in [-0.25, -0.2) is 0 Å². The monoisotopic (exact) mass is 216 g/mol. The molecule has 1 fully saturated rings. The van der Waals surface area contributed by atoms with Gasteiger partial charge in [-0.15, -0.1) is 0 Å². The second-order valence-corrected chi connectivity index (χ2v) is 3.88. The van der Waals surface area contributed by atoms with E-state index in [0.717, 1.165) is 25.8 Å². The Labute approximate surface area is 89.4 Å². The van der Waals surface area contributed by atoms with Gasteiger partial charge >= 0.3 is 0 Å². The van der Waals surface area contributed by atoms with Crippen molar-refractivity contribution in [3.05, 3.63) is 0 Å². The summed E-state index contributed by atoms with van der Waals surface area (Å²) in [6.45, 7) is 2.40. The molecule has 0 aromatic heterocycles. The van der Waals surface area contributed by atoms with Crippen LogP contribution in [-0.2, 0) is 9.53 Å². The third kappa shape index (κ3) is 4.02. The summed E-state index contributed by atoms with van der Waals surface area (Å²) in [7, 11) is 0. The minimum atomic E-state index is 0.0894. The summed E-state index contributed by atoms with van der Waals surface area (Å²) in [5.41, 5.74) is 5.37. The van der Waals surface area contributed by atoms with Gasteiger partial charge in [0.25, 0.3) is 0 Å². The number of hydrogen-bond donors (Lipinski definition) is 1. The molecule has 0 aromatic carbocycles. The van der Waals surface area contributed by atoms with Gasteiger partial charge in [-0.2, -0.15) is 0 Å². The Hall–Kier alpha value is -0.680. The van der Waals surface area contributed by atoms with Gasteiger partial charge in [0.2, 0.25) is 5.91 Å². The van der Waals surface area contributed by atoms with E-state index >= 15 is 0 Å². The zero-order chi connectivity index (χ0) is 10.4. The number of carbonyl (C=O) groups is 1. The largest absolute Gasteiger partial charge is 0.393 e. The average molecular weight is 216 g/mol. The molecule has 0 aromatic rings. The molecule has 1 amide bonds. The van der Waals surface area contributed by atoms with Crippen molar-refractivity contribution < 1.29 is 9.53 Å². The zero-order valence-corrected chi connectivity index (χ0v) is 9.02. The van der Waals surface area contributed by atoms with Crippen molar-refractivity contribution >= 4 is 23.1 Å². The molecular formula is C9H16N2O2S. The molecule has 1 aliphatic rings. The lowest BCUT2D eigenvalue weighted by atomic mass is 10.2. The van der Waals surface area contributed by atoms with Crippen LogP contribution in [0.2, 0.25) is 0 Å². The molecule has 1 rings (SSSR count). The Morgan fingerprint density at radius 2 is 2.36 bits per heavy atom. The first-order valence-electron chi connectivity index (χ1n) is 4.84. The summed E-state index contributed by atoms with van der Waals surface area (Å²) in [6.07, 6.45) is 2.69. The number of amides is 1. The molecule has 1 heterocycles. The van der Waals surface area contributed by atoms with Crippen LogP contribution in [-0.4, -0.2) is 42.1 Å². The van der Waals surface area contributed by atoms with Crippen LogP contribution >= 0.6 is 12.2 Å². The standard InChI is InChI=1S/C9H16N2O2S/c10-8(14)3-1-2-4-11-5-6-13-7-9(11)12/h1-7H2,(H2,10,14). The molecule has 0 atom stereocenters. The van der Waals surface area contributed by atoms with Crippen molar-refractivity contribution in [1.82, 2.24) is 4.90 Å². The first kappa shape index (κ1) is 11.4. The average Bonchev–Trinajstić information content (AvgIpc) is 2.15. The van der Waals surface area contributed by atoms with E-state index in [1.165, 1.54) is 0 Å². The van der Waals surface area contributed by atoms with Crippen molar-refractivity contribution in [1.29, 1.82) is 0 Å². The maximum Gasteiger partial charge on any atom is 0.248 e. The first-order valence-corrected chi connectivity index (χ1v) is 5.25. The minimum absolute atomic E-state index is 0.0894. The minimum Gasteiger partial charge on any atom is -0.393 e. The molecule has 80 valence electrons. The van der Waals surface area contributed by atoms with E-state index in [2.05, 4.69) is 0 Å². The molecule has 0 spiro atoms. The Morgan fingerprint density at radius 1 is 1.57 bits per heavy atom. The van der Waals surface area contributed by atoms with E-state index in [4.69, 9.17) is 22.7 Å². The Kier molecular flexibility index (Phi) is 4.82. The van der Waals surface area contributed by atoms with E-state index in [1.54, 1.807) is 0 Å². The third-order valence-electron chi connectivity index (χ3n) is 2.18. The van der Waals surface area contributed by atoms with Gasteiger partial charge in [0.1, 0.15) is 6.61 Å². The van der Waals surface area contributed by atoms with E-state index < -0.39 is 0 Å². The fourth-order valence-corrected chi connectivity index (χ4v) is 1.53. The summed E-state index contributed by atoms with van der Waals surface area (Å²) in [5.74, 6) is 0.0894. The van der Waals surface area contributed by atoms with Crippen LogP contribution < -0.4 is 5.73 Å². The molecule has 1 saturated heterocycles. The van der Waals surface area contributed by atoms with Gasteiger partial charge in [-0.1, -0.05) is 12.2 Å². The van der Waals surface area contributed by atoms with E-state index in [-0.39, 0.29) is 12.5 Å². The predicted octanol–water partition coefficient (Wildman–Crippen LogP) is 0.302. The van der Waals surface area contributed by atoms with Crippen LogP contribution in [0.1, 0.15) is 19.3 Å². The highest BCUT2D eigenvalue weighted by Gasteiger charge is 2.17. The number of thiocarbonyl (C=S) groups is 1. The smallest absolute Gasteiger partial charge is 0.248 e. The van der Waals surface area contributed by atoms with Crippen molar-refractivity contribution in [2.45, 2.75) is 19.3 Å².